The number of carbonyl (C=O) groups is 1. The first-order valence-corrected chi connectivity index (χ1v) is 5.55. The molecule has 0 N–H and O–H groups in total. The fourth-order valence-corrected chi connectivity index (χ4v) is 1.03. The van der Waals surface area contributed by atoms with E-state index in [1.807, 2.05) is 13.8 Å². The summed E-state index contributed by atoms with van der Waals surface area (Å²) in [5.41, 5.74) is 0.771. The van der Waals surface area contributed by atoms with Crippen molar-refractivity contribution in [2.45, 2.75) is 13.8 Å². The molecule has 0 saturated carbocycles. The smallest absolute Gasteiger partial charge is 0.241 e. The summed E-state index contributed by atoms with van der Waals surface area (Å²) in [6, 6.07) is 0. The first-order chi connectivity index (χ1) is 7.01. The number of carbonyl (C=O) groups excluding carboxylic acids is 1. The zero-order valence-electron chi connectivity index (χ0n) is 8.97. The van der Waals surface area contributed by atoms with Crippen LogP contribution in [-0.4, -0.2) is 18.8 Å². The summed E-state index contributed by atoms with van der Waals surface area (Å²) >= 11 is 11.3. The second-order valence-corrected chi connectivity index (χ2v) is 4.08. The second kappa shape index (κ2) is 7.78. The van der Waals surface area contributed by atoms with Gasteiger partial charge in [0.05, 0.1) is 11.6 Å². The minimum atomic E-state index is -0.0265. The van der Waals surface area contributed by atoms with Crippen LogP contribution < -0.4 is 0 Å². The molecule has 0 rings (SSSR count). The molecule has 1 nitrogen and oxygen atoms in total. The Labute approximate surface area is 102 Å². The highest BCUT2D eigenvalue weighted by atomic mass is 35.5. The van der Waals surface area contributed by atoms with Gasteiger partial charge in [-0.1, -0.05) is 55.7 Å². The highest BCUT2D eigenvalue weighted by Crippen LogP contribution is 2.09. The molecular formula is C11H14BCl2O. The van der Waals surface area contributed by atoms with Crippen LogP contribution in [0, 0.1) is 5.92 Å². The van der Waals surface area contributed by atoms with Gasteiger partial charge in [0.2, 0.25) is 7.28 Å². The van der Waals surface area contributed by atoms with Gasteiger partial charge >= 0.3 is 0 Å². The summed E-state index contributed by atoms with van der Waals surface area (Å²) in [7, 11) is 1.54. The third kappa shape index (κ3) is 6.59. The van der Waals surface area contributed by atoms with Gasteiger partial charge < -0.3 is 4.79 Å². The van der Waals surface area contributed by atoms with E-state index in [-0.39, 0.29) is 17.5 Å². The van der Waals surface area contributed by atoms with Crippen LogP contribution >= 0.6 is 23.2 Å². The fourth-order valence-electron chi connectivity index (χ4n) is 0.824. The van der Waals surface area contributed by atoms with Crippen molar-refractivity contribution in [1.29, 1.82) is 0 Å². The molecule has 0 atom stereocenters. The van der Waals surface area contributed by atoms with Gasteiger partial charge in [0, 0.05) is 11.0 Å². The Morgan fingerprint density at radius 1 is 1.53 bits per heavy atom. The molecule has 15 heavy (non-hydrogen) atoms. The molecule has 81 valence electrons. The van der Waals surface area contributed by atoms with Crippen molar-refractivity contribution < 1.29 is 4.79 Å². The standard InChI is InChI=1S/C11H14BCl2O/c1-4-5-9(6-10(14)7-13)12-11(15)8(2)3/h4-6,8H,1,7H2,2-3H3/b9-5+,10-6+. The average Bonchev–Trinajstić information content (AvgIpc) is 2.17. The Balaban J connectivity index is 4.64. The zero-order chi connectivity index (χ0) is 11.8. The number of allylic oxidation sites excluding steroid dienone is 5. The van der Waals surface area contributed by atoms with Crippen LogP contribution in [0.15, 0.2) is 35.3 Å². The Morgan fingerprint density at radius 3 is 2.53 bits per heavy atom. The summed E-state index contributed by atoms with van der Waals surface area (Å²) in [4.78, 5) is 11.5. The molecule has 0 fully saturated rings. The van der Waals surface area contributed by atoms with Crippen molar-refractivity contribution in [3.05, 3.63) is 35.3 Å². The van der Waals surface area contributed by atoms with E-state index in [1.165, 1.54) is 0 Å². The minimum absolute atomic E-state index is 0.0265. The van der Waals surface area contributed by atoms with Crippen LogP contribution in [0.4, 0.5) is 0 Å². The van der Waals surface area contributed by atoms with Gasteiger partial charge in [-0.05, 0) is 0 Å². The van der Waals surface area contributed by atoms with E-state index in [2.05, 4.69) is 6.58 Å². The molecule has 4 heteroatoms. The fraction of sp³-hybridized carbons (Fsp3) is 0.364. The molecule has 0 saturated heterocycles. The number of rotatable bonds is 6. The Hall–Kier alpha value is -0.465. The summed E-state index contributed by atoms with van der Waals surface area (Å²) in [6.07, 6.45) is 4.99. The lowest BCUT2D eigenvalue weighted by Gasteiger charge is -2.03. The van der Waals surface area contributed by atoms with Crippen molar-refractivity contribution in [3.8, 4) is 0 Å². The van der Waals surface area contributed by atoms with Crippen molar-refractivity contribution in [1.82, 2.24) is 0 Å². The van der Waals surface area contributed by atoms with Gasteiger partial charge in [0.25, 0.3) is 0 Å². The molecule has 0 aromatic rings. The van der Waals surface area contributed by atoms with Gasteiger partial charge in [-0.2, -0.15) is 0 Å². The zero-order valence-corrected chi connectivity index (χ0v) is 10.5. The van der Waals surface area contributed by atoms with Crippen LogP contribution in [0.25, 0.3) is 0 Å². The topological polar surface area (TPSA) is 17.1 Å². The molecule has 0 aromatic carbocycles. The molecular weight excluding hydrogens is 230 g/mol. The first-order valence-electron chi connectivity index (χ1n) is 4.64. The summed E-state index contributed by atoms with van der Waals surface area (Å²) < 4.78 is 0. The maximum absolute atomic E-state index is 11.5. The highest BCUT2D eigenvalue weighted by molar-refractivity contribution is 6.80. The summed E-state index contributed by atoms with van der Waals surface area (Å²) in [6.45, 7) is 7.26. The second-order valence-electron chi connectivity index (χ2n) is 3.33. The van der Waals surface area contributed by atoms with Crippen LogP contribution in [0.3, 0.4) is 0 Å². The predicted octanol–water partition coefficient (Wildman–Crippen LogP) is 3.30. The number of alkyl halides is 1. The molecule has 0 aliphatic rings. The maximum atomic E-state index is 11.5. The third-order valence-electron chi connectivity index (χ3n) is 1.64. The third-order valence-corrected chi connectivity index (χ3v) is 2.31. The lowest BCUT2D eigenvalue weighted by Crippen LogP contribution is -2.17. The van der Waals surface area contributed by atoms with Crippen molar-refractivity contribution in [3.63, 3.8) is 0 Å². The van der Waals surface area contributed by atoms with Crippen molar-refractivity contribution in [2.24, 2.45) is 5.92 Å². The molecule has 0 bridgehead atoms. The van der Waals surface area contributed by atoms with Crippen LogP contribution in [0.2, 0.25) is 0 Å². The molecule has 0 aliphatic heterocycles. The van der Waals surface area contributed by atoms with Crippen LogP contribution in [0.5, 0.6) is 0 Å². The molecule has 1 radical (unpaired) electrons. The van der Waals surface area contributed by atoms with Gasteiger partial charge in [0.15, 0.2) is 0 Å². The SMILES string of the molecule is C=C/C=C([B]C(=O)C(C)C)\C=C(\Cl)CCl. The molecule has 0 aromatic heterocycles. The predicted molar refractivity (Wildman–Crippen MR) is 68.5 cm³/mol. The average molecular weight is 244 g/mol. The van der Waals surface area contributed by atoms with Gasteiger partial charge in [-0.3, -0.25) is 0 Å². The van der Waals surface area contributed by atoms with Gasteiger partial charge in [-0.25, -0.2) is 0 Å². The Morgan fingerprint density at radius 2 is 2.13 bits per heavy atom. The van der Waals surface area contributed by atoms with Gasteiger partial charge in [0.1, 0.15) is 0 Å². The molecule has 0 amide bonds. The number of hydrogen-bond acceptors (Lipinski definition) is 1. The maximum Gasteiger partial charge on any atom is 0.241 e. The largest absolute Gasteiger partial charge is 0.311 e. The van der Waals surface area contributed by atoms with E-state index in [0.29, 0.717) is 10.5 Å². The summed E-state index contributed by atoms with van der Waals surface area (Å²) in [5.74, 6) is 0.209. The van der Waals surface area contributed by atoms with Gasteiger partial charge in [-0.15, -0.1) is 11.6 Å². The van der Waals surface area contributed by atoms with Crippen molar-refractivity contribution >= 4 is 36.2 Å². The van der Waals surface area contributed by atoms with Crippen molar-refractivity contribution in [2.75, 3.05) is 5.88 Å². The van der Waals surface area contributed by atoms with E-state index in [1.54, 1.807) is 25.5 Å². The molecule has 0 unspecified atom stereocenters. The summed E-state index contributed by atoms with van der Waals surface area (Å²) in [5, 5.41) is 0.498. The van der Waals surface area contributed by atoms with E-state index in [9.17, 15) is 4.79 Å². The Bertz CT molecular complexity index is 293. The molecule has 0 aliphatic carbocycles. The lowest BCUT2D eigenvalue weighted by atomic mass is 9.62. The number of hydrogen-bond donors (Lipinski definition) is 0. The van der Waals surface area contributed by atoms with E-state index in [4.69, 9.17) is 23.2 Å². The minimum Gasteiger partial charge on any atom is -0.311 e. The van der Waals surface area contributed by atoms with E-state index in [0.717, 1.165) is 0 Å². The van der Waals surface area contributed by atoms with E-state index < -0.39 is 0 Å². The van der Waals surface area contributed by atoms with Crippen LogP contribution in [-0.2, 0) is 4.79 Å². The monoisotopic (exact) mass is 243 g/mol. The number of halogens is 2. The first kappa shape index (κ1) is 14.5. The van der Waals surface area contributed by atoms with E-state index >= 15 is 0 Å². The molecule has 0 heterocycles. The quantitative estimate of drug-likeness (QED) is 0.398. The highest BCUT2D eigenvalue weighted by Gasteiger charge is 2.10. The molecule has 0 spiro atoms. The lowest BCUT2D eigenvalue weighted by molar-refractivity contribution is -0.114. The van der Waals surface area contributed by atoms with Crippen LogP contribution in [0.1, 0.15) is 13.8 Å². The Kier molecular flexibility index (Phi) is 7.54. The normalized spacial score (nSPS) is 12.9.